The van der Waals surface area contributed by atoms with Crippen LogP contribution in [-0.4, -0.2) is 37.1 Å². The van der Waals surface area contributed by atoms with Crippen LogP contribution in [0, 0.1) is 0 Å². The maximum atomic E-state index is 11.2. The van der Waals surface area contributed by atoms with Crippen molar-refractivity contribution < 1.29 is 35.8 Å². The van der Waals surface area contributed by atoms with Crippen LogP contribution in [0.2, 0.25) is 0 Å². The van der Waals surface area contributed by atoms with Crippen molar-refractivity contribution in [3.8, 4) is 5.75 Å². The predicted octanol–water partition coefficient (Wildman–Crippen LogP) is 1.01. The van der Waals surface area contributed by atoms with Crippen molar-refractivity contribution >= 4 is 42.8 Å². The summed E-state index contributed by atoms with van der Waals surface area (Å²) in [7, 11) is -9.35. The molecule has 3 N–H and O–H groups in total. The van der Waals surface area contributed by atoms with E-state index in [9.17, 15) is 26.7 Å². The van der Waals surface area contributed by atoms with E-state index in [0.29, 0.717) is 6.07 Å². The number of hydrogen-bond donors (Lipinski definition) is 3. The molecule has 0 aliphatic rings. The minimum absolute atomic E-state index is 0.150. The lowest BCUT2D eigenvalue weighted by atomic mass is 10.1. The van der Waals surface area contributed by atoms with Gasteiger partial charge in [-0.15, -0.1) is 0 Å². The highest BCUT2D eigenvalue weighted by Gasteiger charge is 2.19. The Morgan fingerprint density at radius 3 is 1.86 bits per heavy atom. The minimum Gasteiger partial charge on any atom is -0.507 e. The number of benzene rings is 2. The number of nitrogens with zero attached hydrogens (tertiary/aromatic N) is 1. The van der Waals surface area contributed by atoms with E-state index in [1.54, 1.807) is 0 Å². The van der Waals surface area contributed by atoms with E-state index in [1.165, 1.54) is 0 Å². The average molecular weight is 345 g/mol. The monoisotopic (exact) mass is 345 g/mol. The molecular weight excluding hydrogens is 338 g/mol. The van der Waals surface area contributed by atoms with E-state index in [1.807, 2.05) is 0 Å². The Balaban J connectivity index is 3.03. The SMILES string of the molecule is O=C=Nc1cc(S(=O)(=O)O)cc2cc(S(=O)(=O)O)cc(O)c12. The van der Waals surface area contributed by atoms with Gasteiger partial charge < -0.3 is 5.11 Å². The summed E-state index contributed by atoms with van der Waals surface area (Å²) in [5.41, 5.74) is -0.348. The highest BCUT2D eigenvalue weighted by atomic mass is 32.2. The van der Waals surface area contributed by atoms with Crippen molar-refractivity contribution in [2.75, 3.05) is 0 Å². The zero-order valence-electron chi connectivity index (χ0n) is 10.5. The van der Waals surface area contributed by atoms with Gasteiger partial charge in [-0.1, -0.05) is 0 Å². The van der Waals surface area contributed by atoms with Crippen molar-refractivity contribution in [2.45, 2.75) is 9.79 Å². The van der Waals surface area contributed by atoms with Crippen molar-refractivity contribution in [2.24, 2.45) is 4.99 Å². The van der Waals surface area contributed by atoms with Gasteiger partial charge in [-0.05, 0) is 23.6 Å². The van der Waals surface area contributed by atoms with Gasteiger partial charge in [-0.25, -0.2) is 4.79 Å². The third-order valence-electron chi connectivity index (χ3n) is 2.72. The molecule has 2 rings (SSSR count). The van der Waals surface area contributed by atoms with Gasteiger partial charge in [-0.3, -0.25) is 9.11 Å². The van der Waals surface area contributed by atoms with E-state index < -0.39 is 35.8 Å². The summed E-state index contributed by atoms with van der Waals surface area (Å²) in [6.07, 6.45) is 1.15. The summed E-state index contributed by atoms with van der Waals surface area (Å²) in [4.78, 5) is 12.2. The largest absolute Gasteiger partial charge is 0.507 e. The summed E-state index contributed by atoms with van der Waals surface area (Å²) in [6, 6.07) is 3.20. The Kier molecular flexibility index (Phi) is 3.77. The quantitative estimate of drug-likeness (QED) is 0.422. The summed E-state index contributed by atoms with van der Waals surface area (Å²) in [5.74, 6) is -0.666. The molecule has 0 atom stereocenters. The van der Waals surface area contributed by atoms with Gasteiger partial charge in [0.25, 0.3) is 20.2 Å². The number of phenolic OH excluding ortho intramolecular Hbond substituents is 1. The lowest BCUT2D eigenvalue weighted by Gasteiger charge is -2.08. The second-order valence-corrected chi connectivity index (χ2v) is 6.98. The molecule has 9 nitrogen and oxygen atoms in total. The zero-order chi connectivity index (χ0) is 16.7. The highest BCUT2D eigenvalue weighted by molar-refractivity contribution is 7.86. The molecule has 0 aliphatic heterocycles. The first-order valence-electron chi connectivity index (χ1n) is 5.37. The molecule has 0 unspecified atom stereocenters. The van der Waals surface area contributed by atoms with Crippen LogP contribution in [0.1, 0.15) is 0 Å². The molecule has 0 fully saturated rings. The number of phenols is 1. The molecule has 0 heterocycles. The van der Waals surface area contributed by atoms with Crippen LogP contribution in [0.4, 0.5) is 5.69 Å². The van der Waals surface area contributed by atoms with E-state index in [4.69, 9.17) is 9.11 Å². The minimum atomic E-state index is -4.68. The first-order chi connectivity index (χ1) is 10.0. The third-order valence-corrected chi connectivity index (χ3v) is 4.38. The average Bonchev–Trinajstić information content (AvgIpc) is 2.36. The topological polar surface area (TPSA) is 158 Å². The molecule has 11 heteroatoms. The molecule has 116 valence electrons. The van der Waals surface area contributed by atoms with Crippen molar-refractivity contribution in [1.29, 1.82) is 0 Å². The van der Waals surface area contributed by atoms with E-state index >= 15 is 0 Å². The fourth-order valence-corrected chi connectivity index (χ4v) is 2.92. The van der Waals surface area contributed by atoms with Crippen LogP contribution in [-0.2, 0) is 25.0 Å². The molecule has 2 aromatic carbocycles. The van der Waals surface area contributed by atoms with Gasteiger partial charge in [0.1, 0.15) is 5.75 Å². The van der Waals surface area contributed by atoms with E-state index in [2.05, 4.69) is 4.99 Å². The van der Waals surface area contributed by atoms with Crippen LogP contribution < -0.4 is 0 Å². The smallest absolute Gasteiger partial charge is 0.294 e. The summed E-state index contributed by atoms with van der Waals surface area (Å²) >= 11 is 0. The van der Waals surface area contributed by atoms with Gasteiger partial charge in [0, 0.05) is 6.07 Å². The lowest BCUT2D eigenvalue weighted by molar-refractivity contribution is 0.471. The van der Waals surface area contributed by atoms with Crippen LogP contribution in [0.3, 0.4) is 0 Å². The Hall–Kier alpha value is -2.30. The fraction of sp³-hybridized carbons (Fsp3) is 0. The van der Waals surface area contributed by atoms with Crippen LogP contribution in [0.5, 0.6) is 5.75 Å². The van der Waals surface area contributed by atoms with Crippen molar-refractivity contribution in [3.63, 3.8) is 0 Å². The number of isocyanates is 1. The summed E-state index contributed by atoms with van der Waals surface area (Å²) in [6.45, 7) is 0. The molecular formula is C11H7NO8S2. The second kappa shape index (κ2) is 5.16. The van der Waals surface area contributed by atoms with E-state index in [0.717, 1.165) is 24.3 Å². The normalized spacial score (nSPS) is 12.1. The Morgan fingerprint density at radius 1 is 0.909 bits per heavy atom. The van der Waals surface area contributed by atoms with Gasteiger partial charge in [0.05, 0.1) is 20.9 Å². The molecule has 0 amide bonds. The number of aliphatic imine (C=N–C) groups is 1. The summed E-state index contributed by atoms with van der Waals surface area (Å²) < 4.78 is 62.6. The third kappa shape index (κ3) is 2.98. The van der Waals surface area contributed by atoms with Gasteiger partial charge in [0.15, 0.2) is 0 Å². The molecule has 0 saturated heterocycles. The number of carbonyl (C=O) groups excluding carboxylic acids is 1. The number of rotatable bonds is 3. The van der Waals surface area contributed by atoms with Crippen molar-refractivity contribution in [1.82, 2.24) is 0 Å². The molecule has 2 aromatic rings. The van der Waals surface area contributed by atoms with Gasteiger partial charge in [0.2, 0.25) is 6.08 Å². The first kappa shape index (κ1) is 16.1. The molecule has 0 bridgehead atoms. The second-order valence-electron chi connectivity index (χ2n) is 4.14. The molecule has 0 radical (unpaired) electrons. The van der Waals surface area contributed by atoms with Crippen LogP contribution in [0.25, 0.3) is 10.8 Å². The van der Waals surface area contributed by atoms with Crippen LogP contribution >= 0.6 is 0 Å². The first-order valence-corrected chi connectivity index (χ1v) is 8.25. The molecule has 0 saturated carbocycles. The fourth-order valence-electron chi connectivity index (χ4n) is 1.85. The molecule has 0 spiro atoms. The number of hydrogen-bond acceptors (Lipinski definition) is 7. The van der Waals surface area contributed by atoms with Crippen LogP contribution in [0.15, 0.2) is 39.0 Å². The molecule has 0 aromatic heterocycles. The van der Waals surface area contributed by atoms with Gasteiger partial charge >= 0.3 is 0 Å². The van der Waals surface area contributed by atoms with Gasteiger partial charge in [-0.2, -0.15) is 21.8 Å². The Morgan fingerprint density at radius 2 is 1.41 bits per heavy atom. The Bertz CT molecular complexity index is 1030. The van der Waals surface area contributed by atoms with Crippen molar-refractivity contribution in [3.05, 3.63) is 24.3 Å². The maximum Gasteiger partial charge on any atom is 0.294 e. The molecule has 22 heavy (non-hydrogen) atoms. The lowest BCUT2D eigenvalue weighted by Crippen LogP contribution is -2.00. The highest BCUT2D eigenvalue weighted by Crippen LogP contribution is 2.37. The summed E-state index contributed by atoms with van der Waals surface area (Å²) in [5, 5.41) is 9.51. The zero-order valence-corrected chi connectivity index (χ0v) is 12.1. The van der Waals surface area contributed by atoms with E-state index in [-0.39, 0.29) is 16.5 Å². The number of fused-ring (bicyclic) bond motifs is 1. The standard InChI is InChI=1S/C11H7NO8S2/c13-5-12-9-3-7(21(15,16)17)1-6-2-8(22(18,19)20)4-10(14)11(6)9/h1-4,14H,(H,15,16,17)(H,18,19,20). The molecule has 0 aliphatic carbocycles. The predicted molar refractivity (Wildman–Crippen MR) is 73.0 cm³/mol. The Labute approximate surface area is 124 Å². The number of aromatic hydroxyl groups is 1. The maximum absolute atomic E-state index is 11.2.